The molecule has 138 valence electrons. The predicted molar refractivity (Wildman–Crippen MR) is 106 cm³/mol. The lowest BCUT2D eigenvalue weighted by molar-refractivity contribution is 0.0663. The molecule has 7 heteroatoms. The minimum Gasteiger partial charge on any atom is -0.450 e. The highest BCUT2D eigenvalue weighted by molar-refractivity contribution is 9.10. The number of ether oxygens (including phenoxy) is 1. The van der Waals surface area contributed by atoms with Gasteiger partial charge in [-0.05, 0) is 35.9 Å². The van der Waals surface area contributed by atoms with Gasteiger partial charge in [0.05, 0.1) is 23.6 Å². The van der Waals surface area contributed by atoms with Gasteiger partial charge in [-0.1, -0.05) is 39.7 Å². The summed E-state index contributed by atoms with van der Waals surface area (Å²) in [5, 5.41) is 1.02. The fourth-order valence-corrected chi connectivity index (χ4v) is 3.89. The van der Waals surface area contributed by atoms with Crippen molar-refractivity contribution in [3.05, 3.63) is 79.1 Å². The molecule has 0 unspecified atom stereocenters. The van der Waals surface area contributed by atoms with E-state index in [0.717, 1.165) is 10.0 Å². The minimum absolute atomic E-state index is 0.0888. The predicted octanol–water partition coefficient (Wildman–Crippen LogP) is 4.40. The number of hydrogen-bond donors (Lipinski definition) is 0. The first-order valence-electron chi connectivity index (χ1n) is 8.33. The molecule has 0 radical (unpaired) electrons. The third kappa shape index (κ3) is 3.08. The van der Waals surface area contributed by atoms with Crippen LogP contribution in [0.25, 0.3) is 11.0 Å². The zero-order chi connectivity index (χ0) is 19.1. The van der Waals surface area contributed by atoms with Crippen molar-refractivity contribution in [2.24, 2.45) is 0 Å². The Kier molecular flexibility index (Phi) is 4.80. The largest absolute Gasteiger partial charge is 0.450 e. The zero-order valence-electron chi connectivity index (χ0n) is 14.4. The quantitative estimate of drug-likeness (QED) is 0.593. The molecule has 1 amide bonds. The number of rotatable bonds is 4. The fourth-order valence-electron chi connectivity index (χ4n) is 3.40. The maximum Gasteiger partial charge on any atom is 0.290 e. The molecule has 0 N–H and O–H groups in total. The van der Waals surface area contributed by atoms with Crippen LogP contribution < -0.4 is 5.43 Å². The number of amides is 1. The molecule has 3 aromatic rings. The van der Waals surface area contributed by atoms with Gasteiger partial charge in [0.2, 0.25) is 5.76 Å². The Bertz CT molecular complexity index is 1090. The van der Waals surface area contributed by atoms with Gasteiger partial charge in [0.15, 0.2) is 5.43 Å². The van der Waals surface area contributed by atoms with E-state index in [4.69, 9.17) is 20.8 Å². The average Bonchev–Trinajstić information content (AvgIpc) is 2.94. The van der Waals surface area contributed by atoms with E-state index >= 15 is 0 Å². The van der Waals surface area contributed by atoms with E-state index in [1.54, 1.807) is 42.3 Å². The molecule has 1 aromatic heterocycles. The van der Waals surface area contributed by atoms with E-state index in [1.165, 1.54) is 0 Å². The minimum atomic E-state index is -0.542. The van der Waals surface area contributed by atoms with Crippen molar-refractivity contribution in [1.82, 2.24) is 4.90 Å². The number of fused-ring (bicyclic) bond motifs is 2. The molecule has 4 rings (SSSR count). The molecule has 1 aliphatic rings. The SMILES string of the molecule is COCCN1C(=O)c2oc3ccc(Br)cc3c(=O)c2[C@H]1c1ccc(Cl)cc1. The fraction of sp³-hybridized carbons (Fsp3) is 0.200. The van der Waals surface area contributed by atoms with Crippen LogP contribution in [0, 0.1) is 0 Å². The normalized spacial score (nSPS) is 16.2. The van der Waals surface area contributed by atoms with Gasteiger partial charge in [-0.15, -0.1) is 0 Å². The van der Waals surface area contributed by atoms with Gasteiger partial charge < -0.3 is 14.1 Å². The summed E-state index contributed by atoms with van der Waals surface area (Å²) in [6, 6.07) is 11.8. The van der Waals surface area contributed by atoms with Crippen LogP contribution in [0.5, 0.6) is 0 Å². The maximum atomic E-state index is 13.3. The Labute approximate surface area is 168 Å². The lowest BCUT2D eigenvalue weighted by Gasteiger charge is -2.24. The molecule has 27 heavy (non-hydrogen) atoms. The van der Waals surface area contributed by atoms with Gasteiger partial charge in [-0.2, -0.15) is 0 Å². The van der Waals surface area contributed by atoms with Crippen molar-refractivity contribution in [2.75, 3.05) is 20.3 Å². The molecule has 0 bridgehead atoms. The third-order valence-electron chi connectivity index (χ3n) is 4.65. The third-order valence-corrected chi connectivity index (χ3v) is 5.40. The summed E-state index contributed by atoms with van der Waals surface area (Å²) >= 11 is 9.39. The number of nitrogens with zero attached hydrogens (tertiary/aromatic N) is 1. The number of methoxy groups -OCH3 is 1. The summed E-state index contributed by atoms with van der Waals surface area (Å²) in [7, 11) is 1.57. The molecule has 0 aliphatic carbocycles. The Balaban J connectivity index is 1.97. The van der Waals surface area contributed by atoms with E-state index in [0.29, 0.717) is 34.7 Å². The maximum absolute atomic E-state index is 13.3. The van der Waals surface area contributed by atoms with Crippen molar-refractivity contribution < 1.29 is 13.9 Å². The lowest BCUT2D eigenvalue weighted by Crippen LogP contribution is -2.32. The first-order valence-corrected chi connectivity index (χ1v) is 9.50. The smallest absolute Gasteiger partial charge is 0.290 e. The molecule has 0 spiro atoms. The second-order valence-corrected chi connectivity index (χ2v) is 7.61. The Morgan fingerprint density at radius 1 is 1.19 bits per heavy atom. The molecule has 1 atom stereocenters. The van der Waals surface area contributed by atoms with Crippen molar-refractivity contribution in [3.63, 3.8) is 0 Å². The van der Waals surface area contributed by atoms with E-state index < -0.39 is 6.04 Å². The van der Waals surface area contributed by atoms with Crippen LogP contribution in [0.15, 0.2) is 56.1 Å². The van der Waals surface area contributed by atoms with Crippen LogP contribution in [-0.4, -0.2) is 31.1 Å². The Morgan fingerprint density at radius 3 is 2.63 bits per heavy atom. The van der Waals surface area contributed by atoms with Gasteiger partial charge >= 0.3 is 0 Å². The second kappa shape index (κ2) is 7.11. The highest BCUT2D eigenvalue weighted by atomic mass is 79.9. The average molecular weight is 449 g/mol. The number of carbonyl (C=O) groups excluding carboxylic acids is 1. The summed E-state index contributed by atoms with van der Waals surface area (Å²) in [5.41, 5.74) is 1.33. The van der Waals surface area contributed by atoms with Crippen molar-refractivity contribution in [1.29, 1.82) is 0 Å². The van der Waals surface area contributed by atoms with E-state index in [9.17, 15) is 9.59 Å². The van der Waals surface area contributed by atoms with E-state index in [2.05, 4.69) is 15.9 Å². The van der Waals surface area contributed by atoms with Crippen LogP contribution in [0.4, 0.5) is 0 Å². The molecular weight excluding hydrogens is 434 g/mol. The molecule has 0 fully saturated rings. The lowest BCUT2D eigenvalue weighted by atomic mass is 9.98. The monoisotopic (exact) mass is 447 g/mol. The highest BCUT2D eigenvalue weighted by Gasteiger charge is 2.42. The number of halogens is 2. The number of hydrogen-bond acceptors (Lipinski definition) is 4. The van der Waals surface area contributed by atoms with Crippen LogP contribution in [-0.2, 0) is 4.74 Å². The molecule has 5 nitrogen and oxygen atoms in total. The van der Waals surface area contributed by atoms with Gasteiger partial charge in [0, 0.05) is 23.1 Å². The van der Waals surface area contributed by atoms with Crippen LogP contribution in [0.2, 0.25) is 5.02 Å². The van der Waals surface area contributed by atoms with Crippen LogP contribution >= 0.6 is 27.5 Å². The van der Waals surface area contributed by atoms with Gasteiger partial charge in [-0.3, -0.25) is 9.59 Å². The van der Waals surface area contributed by atoms with Gasteiger partial charge in [-0.25, -0.2) is 0 Å². The van der Waals surface area contributed by atoms with Gasteiger partial charge in [0.25, 0.3) is 5.91 Å². The summed E-state index contributed by atoms with van der Waals surface area (Å²) in [4.78, 5) is 27.9. The standard InChI is InChI=1S/C20H15BrClNO4/c1-26-9-8-23-17(11-2-5-13(22)6-3-11)16-18(24)14-10-12(21)4-7-15(14)27-19(16)20(23)25/h2-7,10,17H,8-9H2,1H3/t17-/m1/s1. The topological polar surface area (TPSA) is 59.8 Å². The highest BCUT2D eigenvalue weighted by Crippen LogP contribution is 2.38. The molecule has 0 saturated heterocycles. The first-order chi connectivity index (χ1) is 13.0. The van der Waals surface area contributed by atoms with E-state index in [1.807, 2.05) is 12.1 Å². The molecule has 2 aromatic carbocycles. The van der Waals surface area contributed by atoms with Crippen LogP contribution in [0.3, 0.4) is 0 Å². The van der Waals surface area contributed by atoms with Crippen molar-refractivity contribution in [3.8, 4) is 0 Å². The molecule has 0 saturated carbocycles. The van der Waals surface area contributed by atoms with Crippen molar-refractivity contribution in [2.45, 2.75) is 6.04 Å². The Morgan fingerprint density at radius 2 is 1.93 bits per heavy atom. The summed E-state index contributed by atoms with van der Waals surface area (Å²) in [5.74, 6) is -0.227. The molecule has 2 heterocycles. The van der Waals surface area contributed by atoms with Crippen LogP contribution in [0.1, 0.15) is 27.7 Å². The molecular formula is C20H15BrClNO4. The summed E-state index contributed by atoms with van der Waals surface area (Å²) in [6.45, 7) is 0.690. The molecule has 1 aliphatic heterocycles. The zero-order valence-corrected chi connectivity index (χ0v) is 16.7. The van der Waals surface area contributed by atoms with E-state index in [-0.39, 0.29) is 17.1 Å². The van der Waals surface area contributed by atoms with Gasteiger partial charge in [0.1, 0.15) is 5.58 Å². The van der Waals surface area contributed by atoms with Crippen molar-refractivity contribution >= 4 is 44.4 Å². The summed E-state index contributed by atoms with van der Waals surface area (Å²) in [6.07, 6.45) is 0. The summed E-state index contributed by atoms with van der Waals surface area (Å²) < 4.78 is 11.8. The second-order valence-electron chi connectivity index (χ2n) is 6.26. The number of carbonyl (C=O) groups is 1. The first kappa shape index (κ1) is 18.2. The number of benzene rings is 2. The Hall–Kier alpha value is -2.15.